The smallest absolute Gasteiger partial charge is 0.407 e. The number of rotatable bonds is 24. The standard InChI is InChI=1S/C24H48N2O5.C8H10N2O/c1-3-4-5-6-7-8-9-10-11-12-13-14-15-16-17-18-19-26-24(28)31-21-22(29-2)20-30-23(25)27;1-2-9-8(11)7-5-3-4-6-10-7/h22H,3-21H2,1-2H3,(H2,25,27)(H,26,28);3-6H,2H2,1H3,(H,9,11). The van der Waals surface area contributed by atoms with Crippen molar-refractivity contribution in [1.29, 1.82) is 0 Å². The van der Waals surface area contributed by atoms with Gasteiger partial charge in [-0.1, -0.05) is 109 Å². The quantitative estimate of drug-likeness (QED) is 0.110. The Morgan fingerprint density at radius 2 is 1.29 bits per heavy atom. The highest BCUT2D eigenvalue weighted by atomic mass is 16.6. The van der Waals surface area contributed by atoms with Crippen LogP contribution in [0, 0.1) is 0 Å². The first-order valence-electron chi connectivity index (χ1n) is 16.0. The number of carbonyl (C=O) groups is 3. The van der Waals surface area contributed by atoms with Gasteiger partial charge in [0.15, 0.2) is 0 Å². The van der Waals surface area contributed by atoms with Crippen LogP contribution in [0.5, 0.6) is 0 Å². The van der Waals surface area contributed by atoms with Crippen molar-refractivity contribution >= 4 is 18.1 Å². The number of carbonyl (C=O) groups excluding carboxylic acids is 3. The van der Waals surface area contributed by atoms with Crippen LogP contribution >= 0.6 is 0 Å². The number of methoxy groups -OCH3 is 1. The molecule has 242 valence electrons. The second kappa shape index (κ2) is 29.6. The van der Waals surface area contributed by atoms with Gasteiger partial charge in [-0.05, 0) is 25.5 Å². The number of hydrogen-bond donors (Lipinski definition) is 3. The Morgan fingerprint density at radius 1 is 0.762 bits per heavy atom. The molecule has 1 heterocycles. The van der Waals surface area contributed by atoms with E-state index in [4.69, 9.17) is 15.2 Å². The van der Waals surface area contributed by atoms with Crippen molar-refractivity contribution in [3.05, 3.63) is 30.1 Å². The normalized spacial score (nSPS) is 11.1. The van der Waals surface area contributed by atoms with Crippen LogP contribution in [0.4, 0.5) is 9.59 Å². The van der Waals surface area contributed by atoms with E-state index in [1.807, 2.05) is 6.92 Å². The van der Waals surface area contributed by atoms with Crippen molar-refractivity contribution in [1.82, 2.24) is 15.6 Å². The molecule has 0 aliphatic carbocycles. The molecule has 0 aromatic carbocycles. The lowest BCUT2D eigenvalue weighted by Crippen LogP contribution is -2.32. The minimum atomic E-state index is -0.880. The third-order valence-corrected chi connectivity index (χ3v) is 6.68. The third-order valence-electron chi connectivity index (χ3n) is 6.68. The van der Waals surface area contributed by atoms with Gasteiger partial charge in [0.05, 0.1) is 0 Å². The molecule has 1 atom stereocenters. The molecule has 4 N–H and O–H groups in total. The highest BCUT2D eigenvalue weighted by Crippen LogP contribution is 2.13. The van der Waals surface area contributed by atoms with E-state index in [1.54, 1.807) is 24.4 Å². The first-order chi connectivity index (χ1) is 20.4. The molecule has 10 heteroatoms. The van der Waals surface area contributed by atoms with E-state index in [1.165, 1.54) is 97.0 Å². The molecule has 42 heavy (non-hydrogen) atoms. The van der Waals surface area contributed by atoms with Crippen molar-refractivity contribution in [2.75, 3.05) is 33.4 Å². The van der Waals surface area contributed by atoms with Crippen molar-refractivity contribution in [3.63, 3.8) is 0 Å². The van der Waals surface area contributed by atoms with Gasteiger partial charge in [0, 0.05) is 26.4 Å². The Hall–Kier alpha value is -2.88. The Kier molecular flexibility index (Phi) is 27.6. The zero-order valence-corrected chi connectivity index (χ0v) is 26.5. The number of ether oxygens (including phenoxy) is 3. The number of alkyl carbamates (subject to hydrolysis) is 1. The van der Waals surface area contributed by atoms with Gasteiger partial charge in [0.2, 0.25) is 0 Å². The lowest BCUT2D eigenvalue weighted by Gasteiger charge is -2.15. The molecule has 10 nitrogen and oxygen atoms in total. The van der Waals surface area contributed by atoms with Gasteiger partial charge in [0.25, 0.3) is 5.91 Å². The number of nitrogens with two attached hydrogens (primary N) is 1. The molecule has 0 saturated heterocycles. The Bertz CT molecular complexity index is 782. The largest absolute Gasteiger partial charge is 0.447 e. The molecular weight excluding hydrogens is 536 g/mol. The van der Waals surface area contributed by atoms with Crippen LogP contribution in [0.25, 0.3) is 0 Å². The van der Waals surface area contributed by atoms with E-state index < -0.39 is 18.3 Å². The predicted molar refractivity (Wildman–Crippen MR) is 167 cm³/mol. The average molecular weight is 595 g/mol. The monoisotopic (exact) mass is 594 g/mol. The summed E-state index contributed by atoms with van der Waals surface area (Å²) in [6.07, 6.45) is 20.9. The highest BCUT2D eigenvalue weighted by Gasteiger charge is 2.12. The maximum Gasteiger partial charge on any atom is 0.407 e. The number of unbranched alkanes of at least 4 members (excludes halogenated alkanes) is 15. The SMILES string of the molecule is CCCCCCCCCCCCCCCCCCNC(=O)OCC(COC(N)=O)OC.CCNC(=O)c1ccccn1. The molecule has 0 radical (unpaired) electrons. The average Bonchev–Trinajstić information content (AvgIpc) is 2.99. The van der Waals surface area contributed by atoms with E-state index in [0.717, 1.165) is 12.8 Å². The topological polar surface area (TPSA) is 142 Å². The van der Waals surface area contributed by atoms with Gasteiger partial charge in [-0.2, -0.15) is 0 Å². The summed E-state index contributed by atoms with van der Waals surface area (Å²) < 4.78 is 14.7. The maximum absolute atomic E-state index is 11.6. The molecule has 0 fully saturated rings. The lowest BCUT2D eigenvalue weighted by molar-refractivity contribution is -0.00291. The van der Waals surface area contributed by atoms with Gasteiger partial charge in [0.1, 0.15) is 25.0 Å². The number of hydrogen-bond acceptors (Lipinski definition) is 7. The zero-order valence-electron chi connectivity index (χ0n) is 26.5. The van der Waals surface area contributed by atoms with E-state index in [9.17, 15) is 14.4 Å². The summed E-state index contributed by atoms with van der Waals surface area (Å²) in [5, 5.41) is 5.39. The first kappa shape index (κ1) is 39.1. The van der Waals surface area contributed by atoms with Crippen LogP contribution in [0.1, 0.15) is 127 Å². The summed E-state index contributed by atoms with van der Waals surface area (Å²) >= 11 is 0. The molecule has 1 aromatic heterocycles. The van der Waals surface area contributed by atoms with Crippen LogP contribution in [-0.4, -0.2) is 62.6 Å². The van der Waals surface area contributed by atoms with Gasteiger partial charge in [-0.3, -0.25) is 9.78 Å². The van der Waals surface area contributed by atoms with Gasteiger partial charge in [-0.25, -0.2) is 9.59 Å². The van der Waals surface area contributed by atoms with Crippen LogP contribution in [0.15, 0.2) is 24.4 Å². The summed E-state index contributed by atoms with van der Waals surface area (Å²) in [6.45, 7) is 5.35. The molecule has 3 amide bonds. The van der Waals surface area contributed by atoms with E-state index in [2.05, 4.69) is 27.3 Å². The number of nitrogens with zero attached hydrogens (tertiary/aromatic N) is 1. The molecule has 0 spiro atoms. The number of pyridine rings is 1. The summed E-state index contributed by atoms with van der Waals surface area (Å²) in [6, 6.07) is 5.26. The number of primary amides is 1. The van der Waals surface area contributed by atoms with Crippen molar-refractivity contribution < 1.29 is 28.6 Å². The van der Waals surface area contributed by atoms with Gasteiger partial charge in [-0.15, -0.1) is 0 Å². The molecule has 1 unspecified atom stereocenters. The zero-order chi connectivity index (χ0) is 31.1. The Balaban J connectivity index is 0.00000126. The fraction of sp³-hybridized carbons (Fsp3) is 0.750. The summed E-state index contributed by atoms with van der Waals surface area (Å²) in [5.41, 5.74) is 5.36. The van der Waals surface area contributed by atoms with Crippen molar-refractivity contribution in [2.45, 2.75) is 123 Å². The Labute approximate surface area is 254 Å². The van der Waals surface area contributed by atoms with Crippen LogP contribution in [-0.2, 0) is 14.2 Å². The second-order valence-corrected chi connectivity index (χ2v) is 10.4. The number of nitrogens with one attached hydrogen (secondary N) is 2. The summed E-state index contributed by atoms with van der Waals surface area (Å²) in [4.78, 5) is 37.2. The number of aromatic nitrogens is 1. The van der Waals surface area contributed by atoms with Crippen LogP contribution in [0.2, 0.25) is 0 Å². The molecule has 1 rings (SSSR count). The van der Waals surface area contributed by atoms with Crippen molar-refractivity contribution in [3.8, 4) is 0 Å². The number of amides is 3. The third kappa shape index (κ3) is 26.0. The highest BCUT2D eigenvalue weighted by molar-refractivity contribution is 5.92. The van der Waals surface area contributed by atoms with E-state index >= 15 is 0 Å². The lowest BCUT2D eigenvalue weighted by atomic mass is 10.0. The minimum absolute atomic E-state index is 0.00850. The molecule has 1 aromatic rings. The molecule has 0 saturated carbocycles. The van der Waals surface area contributed by atoms with Crippen LogP contribution in [0.3, 0.4) is 0 Å². The first-order valence-corrected chi connectivity index (χ1v) is 16.0. The fourth-order valence-electron chi connectivity index (χ4n) is 4.19. The van der Waals surface area contributed by atoms with Crippen LogP contribution < -0.4 is 16.4 Å². The predicted octanol–water partition coefficient (Wildman–Crippen LogP) is 6.92. The maximum atomic E-state index is 11.6. The minimum Gasteiger partial charge on any atom is -0.447 e. The Morgan fingerprint density at radius 3 is 1.74 bits per heavy atom. The summed E-state index contributed by atoms with van der Waals surface area (Å²) in [5.74, 6) is -0.117. The molecule has 0 bridgehead atoms. The van der Waals surface area contributed by atoms with E-state index in [0.29, 0.717) is 18.8 Å². The van der Waals surface area contributed by atoms with Crippen molar-refractivity contribution in [2.24, 2.45) is 5.73 Å². The van der Waals surface area contributed by atoms with E-state index in [-0.39, 0.29) is 19.1 Å². The van der Waals surface area contributed by atoms with Gasteiger partial charge < -0.3 is 30.6 Å². The molecule has 0 aliphatic heterocycles. The second-order valence-electron chi connectivity index (χ2n) is 10.4. The summed E-state index contributed by atoms with van der Waals surface area (Å²) in [7, 11) is 1.45. The molecular formula is C32H58N4O6. The fourth-order valence-corrected chi connectivity index (χ4v) is 4.19. The molecule has 0 aliphatic rings. The van der Waals surface area contributed by atoms with Gasteiger partial charge >= 0.3 is 12.2 Å².